The third-order valence-electron chi connectivity index (χ3n) is 2.62. The quantitative estimate of drug-likeness (QED) is 0.688. The predicted molar refractivity (Wildman–Crippen MR) is 80.6 cm³/mol. The lowest BCUT2D eigenvalue weighted by molar-refractivity contribution is -0.117. The van der Waals surface area contributed by atoms with Gasteiger partial charge in [-0.15, -0.1) is 0 Å². The van der Waals surface area contributed by atoms with Crippen molar-refractivity contribution in [2.75, 3.05) is 0 Å². The van der Waals surface area contributed by atoms with E-state index in [4.69, 9.17) is 32.9 Å². The van der Waals surface area contributed by atoms with Crippen LogP contribution in [-0.4, -0.2) is 5.91 Å². The SMILES string of the molecule is N#C/C(=C/c1ccc(Cl)c(Cl)c1)C(=O)NCc1ccco1. The zero-order valence-electron chi connectivity index (χ0n) is 10.8. The van der Waals surface area contributed by atoms with Crippen molar-refractivity contribution in [2.45, 2.75) is 6.54 Å². The summed E-state index contributed by atoms with van der Waals surface area (Å²) in [4.78, 5) is 11.9. The van der Waals surface area contributed by atoms with Crippen LogP contribution in [0.5, 0.6) is 0 Å². The second-order valence-corrected chi connectivity index (χ2v) is 4.92. The van der Waals surface area contributed by atoms with E-state index in [2.05, 4.69) is 5.32 Å². The summed E-state index contributed by atoms with van der Waals surface area (Å²) < 4.78 is 5.10. The number of halogens is 2. The molecule has 1 amide bonds. The third-order valence-corrected chi connectivity index (χ3v) is 3.36. The summed E-state index contributed by atoms with van der Waals surface area (Å²) in [5.74, 6) is 0.121. The highest BCUT2D eigenvalue weighted by Gasteiger charge is 2.10. The molecule has 0 aliphatic heterocycles. The van der Waals surface area contributed by atoms with Crippen LogP contribution in [-0.2, 0) is 11.3 Å². The minimum absolute atomic E-state index is 0.0278. The van der Waals surface area contributed by atoms with Crippen LogP contribution in [0, 0.1) is 11.3 Å². The summed E-state index contributed by atoms with van der Waals surface area (Å²) in [6.45, 7) is 0.215. The van der Waals surface area contributed by atoms with Gasteiger partial charge in [-0.3, -0.25) is 4.79 Å². The maximum Gasteiger partial charge on any atom is 0.262 e. The van der Waals surface area contributed by atoms with Crippen molar-refractivity contribution in [2.24, 2.45) is 0 Å². The summed E-state index contributed by atoms with van der Waals surface area (Å²) in [6, 6.07) is 10.2. The molecule has 0 radical (unpaired) electrons. The second-order valence-electron chi connectivity index (χ2n) is 4.11. The molecule has 0 spiro atoms. The maximum absolute atomic E-state index is 11.9. The number of rotatable bonds is 4. The molecule has 1 N–H and O–H groups in total. The fourth-order valence-corrected chi connectivity index (χ4v) is 1.90. The number of hydrogen-bond acceptors (Lipinski definition) is 3. The van der Waals surface area contributed by atoms with Crippen molar-refractivity contribution in [1.29, 1.82) is 5.26 Å². The van der Waals surface area contributed by atoms with Crippen LogP contribution in [0.25, 0.3) is 6.08 Å². The van der Waals surface area contributed by atoms with E-state index in [1.54, 1.807) is 30.3 Å². The third kappa shape index (κ3) is 4.12. The molecule has 0 fully saturated rings. The van der Waals surface area contributed by atoms with Gasteiger partial charge in [-0.05, 0) is 35.9 Å². The maximum atomic E-state index is 11.9. The fourth-order valence-electron chi connectivity index (χ4n) is 1.59. The van der Waals surface area contributed by atoms with Crippen LogP contribution < -0.4 is 5.32 Å². The summed E-state index contributed by atoms with van der Waals surface area (Å²) in [6.07, 6.45) is 2.96. The van der Waals surface area contributed by atoms with Crippen molar-refractivity contribution < 1.29 is 9.21 Å². The molecule has 1 heterocycles. The highest BCUT2D eigenvalue weighted by atomic mass is 35.5. The molecule has 0 aliphatic carbocycles. The minimum Gasteiger partial charge on any atom is -0.467 e. The van der Waals surface area contributed by atoms with Gasteiger partial charge in [-0.25, -0.2) is 0 Å². The van der Waals surface area contributed by atoms with E-state index in [1.165, 1.54) is 12.3 Å². The Labute approximate surface area is 131 Å². The first-order chi connectivity index (χ1) is 10.1. The van der Waals surface area contributed by atoms with Crippen LogP contribution >= 0.6 is 23.2 Å². The Morgan fingerprint density at radius 1 is 1.33 bits per heavy atom. The smallest absolute Gasteiger partial charge is 0.262 e. The first-order valence-corrected chi connectivity index (χ1v) is 6.73. The normalized spacial score (nSPS) is 11.0. The average molecular weight is 321 g/mol. The number of carbonyl (C=O) groups excluding carboxylic acids is 1. The average Bonchev–Trinajstić information content (AvgIpc) is 2.99. The molecule has 0 atom stereocenters. The van der Waals surface area contributed by atoms with Crippen molar-refractivity contribution in [3.63, 3.8) is 0 Å². The summed E-state index contributed by atoms with van der Waals surface area (Å²) >= 11 is 11.7. The highest BCUT2D eigenvalue weighted by Crippen LogP contribution is 2.23. The van der Waals surface area contributed by atoms with Gasteiger partial charge in [0.05, 0.1) is 22.9 Å². The molecule has 21 heavy (non-hydrogen) atoms. The van der Waals surface area contributed by atoms with Gasteiger partial charge in [0.25, 0.3) is 5.91 Å². The molecule has 0 saturated carbocycles. The van der Waals surface area contributed by atoms with Gasteiger partial charge in [-0.1, -0.05) is 29.3 Å². The zero-order valence-corrected chi connectivity index (χ0v) is 12.3. The Hall–Kier alpha value is -2.22. The Morgan fingerprint density at radius 2 is 2.14 bits per heavy atom. The van der Waals surface area contributed by atoms with Crippen LogP contribution in [0.15, 0.2) is 46.6 Å². The van der Waals surface area contributed by atoms with Gasteiger partial charge in [0.2, 0.25) is 0 Å². The van der Waals surface area contributed by atoms with E-state index in [9.17, 15) is 4.79 Å². The van der Waals surface area contributed by atoms with E-state index in [-0.39, 0.29) is 12.1 Å². The van der Waals surface area contributed by atoms with Crippen LogP contribution in [0.2, 0.25) is 10.0 Å². The fraction of sp³-hybridized carbons (Fsp3) is 0.0667. The van der Waals surface area contributed by atoms with Crippen molar-refractivity contribution in [1.82, 2.24) is 5.32 Å². The number of furan rings is 1. The number of hydrogen-bond donors (Lipinski definition) is 1. The molecule has 4 nitrogen and oxygen atoms in total. The zero-order chi connectivity index (χ0) is 15.2. The molecule has 0 bridgehead atoms. The number of nitrogens with one attached hydrogen (secondary N) is 1. The van der Waals surface area contributed by atoms with E-state index in [0.717, 1.165) is 0 Å². The van der Waals surface area contributed by atoms with Gasteiger partial charge >= 0.3 is 0 Å². The monoisotopic (exact) mass is 320 g/mol. The first kappa shape index (κ1) is 15.2. The largest absolute Gasteiger partial charge is 0.467 e. The van der Waals surface area contributed by atoms with Crippen LogP contribution in [0.4, 0.5) is 0 Å². The summed E-state index contributed by atoms with van der Waals surface area (Å²) in [5, 5.41) is 12.4. The predicted octanol–water partition coefficient (Wildman–Crippen LogP) is 3.81. The van der Waals surface area contributed by atoms with Gasteiger partial charge in [0, 0.05) is 0 Å². The molecule has 6 heteroatoms. The highest BCUT2D eigenvalue weighted by molar-refractivity contribution is 6.42. The lowest BCUT2D eigenvalue weighted by Gasteiger charge is -2.03. The van der Waals surface area contributed by atoms with E-state index in [1.807, 2.05) is 6.07 Å². The molecule has 1 aromatic heterocycles. The molecule has 2 aromatic rings. The molecule has 1 aromatic carbocycles. The molecular weight excluding hydrogens is 311 g/mol. The summed E-state index contributed by atoms with van der Waals surface area (Å²) in [7, 11) is 0. The summed E-state index contributed by atoms with van der Waals surface area (Å²) in [5.41, 5.74) is 0.592. The standard InChI is InChI=1S/C15H10Cl2N2O2/c16-13-4-3-10(7-14(13)17)6-11(8-18)15(20)19-9-12-2-1-5-21-12/h1-7H,9H2,(H,19,20)/b11-6-. The lowest BCUT2D eigenvalue weighted by atomic mass is 10.1. The number of benzene rings is 1. The Kier molecular flexibility index (Phi) is 5.04. The Bertz CT molecular complexity index is 716. The van der Waals surface area contributed by atoms with Crippen LogP contribution in [0.1, 0.15) is 11.3 Å². The number of amides is 1. The van der Waals surface area contributed by atoms with Crippen LogP contribution in [0.3, 0.4) is 0 Å². The van der Waals surface area contributed by atoms with E-state index in [0.29, 0.717) is 21.4 Å². The second kappa shape index (κ2) is 6.98. The van der Waals surface area contributed by atoms with Crippen molar-refractivity contribution in [3.05, 3.63) is 63.5 Å². The van der Waals surface area contributed by atoms with Crippen molar-refractivity contribution >= 4 is 35.2 Å². The van der Waals surface area contributed by atoms with Gasteiger partial charge in [0.15, 0.2) is 0 Å². The minimum atomic E-state index is -0.486. The molecular formula is C15H10Cl2N2O2. The molecule has 0 aliphatic rings. The molecule has 0 saturated heterocycles. The topological polar surface area (TPSA) is 66.0 Å². The van der Waals surface area contributed by atoms with Gasteiger partial charge < -0.3 is 9.73 Å². The molecule has 0 unspecified atom stereocenters. The van der Waals surface area contributed by atoms with Crippen molar-refractivity contribution in [3.8, 4) is 6.07 Å². The molecule has 106 valence electrons. The lowest BCUT2D eigenvalue weighted by Crippen LogP contribution is -2.23. The van der Waals surface area contributed by atoms with E-state index < -0.39 is 5.91 Å². The number of carbonyl (C=O) groups is 1. The molecule has 2 rings (SSSR count). The Balaban J connectivity index is 2.10. The number of nitrogens with zero attached hydrogens (tertiary/aromatic N) is 1. The Morgan fingerprint density at radius 3 is 2.76 bits per heavy atom. The number of nitriles is 1. The van der Waals surface area contributed by atoms with Gasteiger partial charge in [0.1, 0.15) is 17.4 Å². The van der Waals surface area contributed by atoms with E-state index >= 15 is 0 Å². The first-order valence-electron chi connectivity index (χ1n) is 5.97. The van der Waals surface area contributed by atoms with Gasteiger partial charge in [-0.2, -0.15) is 5.26 Å².